The Morgan fingerprint density at radius 3 is 2.36 bits per heavy atom. The summed E-state index contributed by atoms with van der Waals surface area (Å²) in [7, 11) is 3.06. The molecule has 0 aromatic heterocycles. The zero-order valence-corrected chi connectivity index (χ0v) is 13.1. The van der Waals surface area contributed by atoms with E-state index in [9.17, 15) is 9.90 Å². The molecule has 1 unspecified atom stereocenters. The lowest BCUT2D eigenvalue weighted by Gasteiger charge is -2.17. The van der Waals surface area contributed by atoms with E-state index in [1.165, 1.54) is 7.11 Å². The second-order valence-electron chi connectivity index (χ2n) is 4.83. The molecule has 0 radical (unpaired) electrons. The molecular weight excluding hydrogens is 304 g/mol. The Kier molecular flexibility index (Phi) is 5.28. The van der Waals surface area contributed by atoms with E-state index < -0.39 is 11.9 Å². The molecule has 4 nitrogen and oxygen atoms in total. The van der Waals surface area contributed by atoms with E-state index >= 15 is 0 Å². The lowest BCUT2D eigenvalue weighted by Crippen LogP contribution is -2.15. The predicted molar refractivity (Wildman–Crippen MR) is 85.1 cm³/mol. The van der Waals surface area contributed by atoms with Gasteiger partial charge in [0.1, 0.15) is 11.5 Å². The van der Waals surface area contributed by atoms with Gasteiger partial charge in [0.2, 0.25) is 0 Å². The van der Waals surface area contributed by atoms with Crippen molar-refractivity contribution < 1.29 is 19.4 Å². The molecule has 0 fully saturated rings. The van der Waals surface area contributed by atoms with E-state index in [0.717, 1.165) is 5.56 Å². The van der Waals surface area contributed by atoms with Crippen LogP contribution in [0.25, 0.3) is 0 Å². The summed E-state index contributed by atoms with van der Waals surface area (Å²) in [5.74, 6) is -0.520. The van der Waals surface area contributed by atoms with Gasteiger partial charge in [-0.1, -0.05) is 23.7 Å². The van der Waals surface area contributed by atoms with Crippen LogP contribution < -0.4 is 9.47 Å². The van der Waals surface area contributed by atoms with Gasteiger partial charge in [0.25, 0.3) is 0 Å². The number of rotatable bonds is 6. The van der Waals surface area contributed by atoms with Crippen molar-refractivity contribution in [1.29, 1.82) is 0 Å². The van der Waals surface area contributed by atoms with Gasteiger partial charge >= 0.3 is 5.97 Å². The molecule has 0 amide bonds. The van der Waals surface area contributed by atoms with Crippen molar-refractivity contribution >= 4 is 17.6 Å². The van der Waals surface area contributed by atoms with Crippen molar-refractivity contribution in [2.24, 2.45) is 0 Å². The van der Waals surface area contributed by atoms with E-state index in [2.05, 4.69) is 0 Å². The number of carboxylic acid groups (broad SMARTS) is 1. The molecule has 116 valence electrons. The molecule has 0 bridgehead atoms. The van der Waals surface area contributed by atoms with Crippen LogP contribution in [0.1, 0.15) is 17.0 Å². The maximum Gasteiger partial charge on any atom is 0.311 e. The van der Waals surface area contributed by atoms with Gasteiger partial charge in [-0.25, -0.2) is 0 Å². The fraction of sp³-hybridized carbons (Fsp3) is 0.235. The van der Waals surface area contributed by atoms with Crippen LogP contribution in [-0.2, 0) is 11.2 Å². The number of halogens is 1. The highest BCUT2D eigenvalue weighted by atomic mass is 35.5. The van der Waals surface area contributed by atoms with Crippen molar-refractivity contribution in [1.82, 2.24) is 0 Å². The van der Waals surface area contributed by atoms with Gasteiger partial charge < -0.3 is 14.6 Å². The fourth-order valence-electron chi connectivity index (χ4n) is 2.30. The number of aliphatic carboxylic acids is 1. The van der Waals surface area contributed by atoms with Gasteiger partial charge in [0.15, 0.2) is 0 Å². The first-order valence-corrected chi connectivity index (χ1v) is 7.12. The normalized spacial score (nSPS) is 11.8. The summed E-state index contributed by atoms with van der Waals surface area (Å²) >= 11 is 5.86. The largest absolute Gasteiger partial charge is 0.497 e. The Balaban J connectivity index is 2.39. The Morgan fingerprint density at radius 1 is 1.14 bits per heavy atom. The van der Waals surface area contributed by atoms with E-state index in [4.69, 9.17) is 21.1 Å². The van der Waals surface area contributed by atoms with Crippen LogP contribution in [0.15, 0.2) is 42.5 Å². The molecule has 22 heavy (non-hydrogen) atoms. The molecule has 0 aliphatic heterocycles. The zero-order valence-electron chi connectivity index (χ0n) is 12.4. The standard InChI is InChI=1S/C17H17ClO4/c1-21-13-7-8-16(22-2)14(10-13)15(17(19)20)9-11-3-5-12(18)6-4-11/h3-8,10,15H,9H2,1-2H3,(H,19,20). The zero-order chi connectivity index (χ0) is 16.1. The summed E-state index contributed by atoms with van der Waals surface area (Å²) in [6.07, 6.45) is 0.343. The lowest BCUT2D eigenvalue weighted by atomic mass is 9.91. The number of carbonyl (C=O) groups is 1. The van der Waals surface area contributed by atoms with Crippen molar-refractivity contribution in [3.8, 4) is 11.5 Å². The summed E-state index contributed by atoms with van der Waals surface area (Å²) in [6.45, 7) is 0. The Labute approximate surface area is 134 Å². The smallest absolute Gasteiger partial charge is 0.311 e. The van der Waals surface area contributed by atoms with Crippen LogP contribution in [0.3, 0.4) is 0 Å². The summed E-state index contributed by atoms with van der Waals surface area (Å²) in [5.41, 5.74) is 1.48. The lowest BCUT2D eigenvalue weighted by molar-refractivity contribution is -0.138. The highest BCUT2D eigenvalue weighted by Crippen LogP contribution is 2.33. The maximum absolute atomic E-state index is 11.7. The summed E-state index contributed by atoms with van der Waals surface area (Å²) in [4.78, 5) is 11.7. The topological polar surface area (TPSA) is 55.8 Å². The maximum atomic E-state index is 11.7. The molecule has 0 heterocycles. The second kappa shape index (κ2) is 7.18. The molecule has 1 N–H and O–H groups in total. The van der Waals surface area contributed by atoms with Crippen molar-refractivity contribution in [3.63, 3.8) is 0 Å². The quantitative estimate of drug-likeness (QED) is 0.880. The van der Waals surface area contributed by atoms with Crippen LogP contribution in [0.2, 0.25) is 5.02 Å². The summed E-state index contributed by atoms with van der Waals surface area (Å²) < 4.78 is 10.5. The Hall–Kier alpha value is -2.20. The Morgan fingerprint density at radius 2 is 1.82 bits per heavy atom. The van der Waals surface area contributed by atoms with Crippen LogP contribution in [0, 0.1) is 0 Å². The van der Waals surface area contributed by atoms with Crippen LogP contribution in [-0.4, -0.2) is 25.3 Å². The molecule has 0 aliphatic carbocycles. The molecule has 0 saturated heterocycles. The van der Waals surface area contributed by atoms with Gasteiger partial charge in [0.05, 0.1) is 20.1 Å². The number of methoxy groups -OCH3 is 2. The first-order valence-electron chi connectivity index (χ1n) is 6.74. The number of ether oxygens (including phenoxy) is 2. The highest BCUT2D eigenvalue weighted by molar-refractivity contribution is 6.30. The van der Waals surface area contributed by atoms with E-state index in [0.29, 0.717) is 28.5 Å². The molecule has 0 saturated carbocycles. The SMILES string of the molecule is COc1ccc(OC)c(C(Cc2ccc(Cl)cc2)C(=O)O)c1. The first kappa shape index (κ1) is 16.2. The van der Waals surface area contributed by atoms with E-state index in [-0.39, 0.29) is 0 Å². The van der Waals surface area contributed by atoms with Crippen molar-refractivity contribution in [3.05, 3.63) is 58.6 Å². The second-order valence-corrected chi connectivity index (χ2v) is 5.27. The van der Waals surface area contributed by atoms with Gasteiger partial charge in [-0.05, 0) is 42.3 Å². The monoisotopic (exact) mass is 320 g/mol. The number of benzene rings is 2. The molecule has 2 aromatic carbocycles. The summed E-state index contributed by atoms with van der Waals surface area (Å²) in [6, 6.07) is 12.3. The highest BCUT2D eigenvalue weighted by Gasteiger charge is 2.24. The molecule has 0 aliphatic rings. The van der Waals surface area contributed by atoms with E-state index in [1.54, 1.807) is 37.4 Å². The van der Waals surface area contributed by atoms with Gasteiger partial charge in [-0.15, -0.1) is 0 Å². The van der Waals surface area contributed by atoms with Crippen molar-refractivity contribution in [2.45, 2.75) is 12.3 Å². The molecule has 1 atom stereocenters. The minimum Gasteiger partial charge on any atom is -0.497 e. The van der Waals surface area contributed by atoms with Gasteiger partial charge in [-0.2, -0.15) is 0 Å². The average molecular weight is 321 g/mol. The fourth-order valence-corrected chi connectivity index (χ4v) is 2.42. The molecule has 2 aromatic rings. The van der Waals surface area contributed by atoms with E-state index in [1.807, 2.05) is 12.1 Å². The van der Waals surface area contributed by atoms with Crippen LogP contribution in [0.4, 0.5) is 0 Å². The number of hydrogen-bond donors (Lipinski definition) is 1. The van der Waals surface area contributed by atoms with Crippen molar-refractivity contribution in [2.75, 3.05) is 14.2 Å². The third kappa shape index (κ3) is 3.71. The molecule has 2 rings (SSSR count). The molecule has 5 heteroatoms. The minimum atomic E-state index is -0.915. The predicted octanol–water partition coefficient (Wildman–Crippen LogP) is 3.77. The third-order valence-corrected chi connectivity index (χ3v) is 3.72. The average Bonchev–Trinajstić information content (AvgIpc) is 2.53. The summed E-state index contributed by atoms with van der Waals surface area (Å²) in [5, 5.41) is 10.2. The van der Waals surface area contributed by atoms with Gasteiger partial charge in [-0.3, -0.25) is 4.79 Å². The Bertz CT molecular complexity index is 652. The first-order chi connectivity index (χ1) is 10.5. The molecular formula is C17H17ClO4. The van der Waals surface area contributed by atoms with Gasteiger partial charge in [0, 0.05) is 10.6 Å². The third-order valence-electron chi connectivity index (χ3n) is 3.46. The number of hydrogen-bond acceptors (Lipinski definition) is 3. The number of carboxylic acids is 1. The molecule has 0 spiro atoms. The van der Waals surface area contributed by atoms with Crippen LogP contribution in [0.5, 0.6) is 11.5 Å². The minimum absolute atomic E-state index is 0.343. The van der Waals surface area contributed by atoms with Crippen LogP contribution >= 0.6 is 11.6 Å².